The van der Waals surface area contributed by atoms with Crippen LogP contribution in [0.1, 0.15) is 45.6 Å². The summed E-state index contributed by atoms with van der Waals surface area (Å²) in [6.45, 7) is 5.21. The number of nitrogens with zero attached hydrogens (tertiary/aromatic N) is 3. The summed E-state index contributed by atoms with van der Waals surface area (Å²) < 4.78 is 4.91. The summed E-state index contributed by atoms with van der Waals surface area (Å²) in [6, 6.07) is 11.7. The number of amides is 2. The molecule has 1 N–H and O–H groups in total. The Bertz CT molecular complexity index is 829. The van der Waals surface area contributed by atoms with Crippen LogP contribution in [0.15, 0.2) is 35.4 Å². The molecule has 1 aromatic carbocycles. The first-order chi connectivity index (χ1) is 13.7. The Balaban J connectivity index is 1.75. The Hall–Kier alpha value is -3.21. The van der Waals surface area contributed by atoms with Gasteiger partial charge in [0, 0.05) is 12.8 Å². The van der Waals surface area contributed by atoms with Crippen LogP contribution in [0.2, 0.25) is 0 Å². The van der Waals surface area contributed by atoms with Crippen LogP contribution in [0.4, 0.5) is 0 Å². The minimum absolute atomic E-state index is 0.0477. The maximum absolute atomic E-state index is 12.3. The molecule has 1 aliphatic rings. The molecule has 0 aromatic heterocycles. The van der Waals surface area contributed by atoms with Gasteiger partial charge in [-0.3, -0.25) is 14.4 Å². The average molecular weight is 398 g/mol. The zero-order chi connectivity index (χ0) is 21.4. The monoisotopic (exact) mass is 398 g/mol. The first kappa shape index (κ1) is 22.1. The second-order valence-electron chi connectivity index (χ2n) is 7.36. The van der Waals surface area contributed by atoms with Crippen molar-refractivity contribution in [2.24, 2.45) is 11.0 Å². The lowest BCUT2D eigenvalue weighted by atomic mass is 9.90. The van der Waals surface area contributed by atoms with Gasteiger partial charge in [-0.2, -0.15) is 10.4 Å². The van der Waals surface area contributed by atoms with E-state index in [4.69, 9.17) is 4.74 Å². The van der Waals surface area contributed by atoms with Gasteiger partial charge in [0.25, 0.3) is 5.91 Å². The lowest BCUT2D eigenvalue weighted by Crippen LogP contribution is -2.50. The van der Waals surface area contributed by atoms with Gasteiger partial charge in [0.05, 0.1) is 24.7 Å². The van der Waals surface area contributed by atoms with Crippen LogP contribution in [0.3, 0.4) is 0 Å². The molecule has 154 valence electrons. The van der Waals surface area contributed by atoms with E-state index < -0.39 is 24.0 Å². The van der Waals surface area contributed by atoms with E-state index in [1.807, 2.05) is 50.2 Å². The fraction of sp³-hybridized carbons (Fsp3) is 0.476. The number of carbonyl (C=O) groups is 3. The summed E-state index contributed by atoms with van der Waals surface area (Å²) in [5.41, 5.74) is 0.770. The van der Waals surface area contributed by atoms with Gasteiger partial charge in [0.15, 0.2) is 6.61 Å². The number of rotatable bonds is 8. The Morgan fingerprint density at radius 2 is 1.97 bits per heavy atom. The third kappa shape index (κ3) is 6.14. The maximum Gasteiger partial charge on any atom is 0.306 e. The molecule has 0 bridgehead atoms. The number of carbonyl (C=O) groups excluding carboxylic acids is 3. The largest absolute Gasteiger partial charge is 0.456 e. The number of benzene rings is 1. The smallest absolute Gasteiger partial charge is 0.306 e. The summed E-state index contributed by atoms with van der Waals surface area (Å²) in [5.74, 6) is -1.58. The highest BCUT2D eigenvalue weighted by Crippen LogP contribution is 2.16. The zero-order valence-corrected chi connectivity index (χ0v) is 17.0. The van der Waals surface area contributed by atoms with Crippen LogP contribution < -0.4 is 5.32 Å². The highest BCUT2D eigenvalue weighted by molar-refractivity contribution is 6.02. The molecule has 0 spiro atoms. The van der Waals surface area contributed by atoms with E-state index in [9.17, 15) is 19.6 Å². The molecular weight excluding hydrogens is 372 g/mol. The molecule has 1 aromatic rings. The Labute approximate surface area is 170 Å². The molecule has 8 heteroatoms. The number of hydrogen-bond acceptors (Lipinski definition) is 6. The maximum atomic E-state index is 12.3. The van der Waals surface area contributed by atoms with Crippen LogP contribution in [-0.4, -0.2) is 47.2 Å². The summed E-state index contributed by atoms with van der Waals surface area (Å²) in [7, 11) is 0. The van der Waals surface area contributed by atoms with E-state index >= 15 is 0 Å². The molecular formula is C21H26N4O4. The Morgan fingerprint density at radius 1 is 1.28 bits per heavy atom. The van der Waals surface area contributed by atoms with Crippen molar-refractivity contribution in [1.82, 2.24) is 10.3 Å². The number of hydrogen-bond donors (Lipinski definition) is 1. The quantitative estimate of drug-likeness (QED) is 0.673. The normalized spacial score (nSPS) is 15.3. The molecule has 1 heterocycles. The van der Waals surface area contributed by atoms with Crippen molar-refractivity contribution in [3.8, 4) is 6.07 Å². The van der Waals surface area contributed by atoms with Crippen molar-refractivity contribution in [2.45, 2.75) is 45.6 Å². The van der Waals surface area contributed by atoms with Crippen molar-refractivity contribution in [3.63, 3.8) is 0 Å². The topological polar surface area (TPSA) is 112 Å². The Morgan fingerprint density at radius 3 is 2.59 bits per heavy atom. The molecule has 8 nitrogen and oxygen atoms in total. The van der Waals surface area contributed by atoms with Gasteiger partial charge in [0.2, 0.25) is 5.91 Å². The summed E-state index contributed by atoms with van der Waals surface area (Å²) in [4.78, 5) is 36.0. The van der Waals surface area contributed by atoms with Crippen LogP contribution >= 0.6 is 0 Å². The Kier molecular flexibility index (Phi) is 7.48. The predicted octanol–water partition coefficient (Wildman–Crippen LogP) is 2.00. The summed E-state index contributed by atoms with van der Waals surface area (Å²) >= 11 is 0. The molecule has 1 aliphatic heterocycles. The molecule has 0 fully saturated rings. The van der Waals surface area contributed by atoms with Gasteiger partial charge in [-0.05, 0) is 18.4 Å². The van der Waals surface area contributed by atoms with E-state index in [2.05, 4.69) is 10.4 Å². The highest BCUT2D eigenvalue weighted by atomic mass is 16.5. The number of nitrogens with one attached hydrogen (secondary N) is 1. The van der Waals surface area contributed by atoms with E-state index in [0.29, 0.717) is 13.0 Å². The number of nitriles is 1. The minimum atomic E-state index is -1.04. The van der Waals surface area contributed by atoms with E-state index in [0.717, 1.165) is 11.3 Å². The third-order valence-corrected chi connectivity index (χ3v) is 4.89. The second kappa shape index (κ2) is 9.82. The van der Waals surface area contributed by atoms with Gasteiger partial charge >= 0.3 is 5.97 Å². The molecule has 0 radical (unpaired) electrons. The van der Waals surface area contributed by atoms with Crippen LogP contribution in [-0.2, 0) is 19.1 Å². The standard InChI is InChI=1S/C21H26N4O4/c1-15(2)21(3,14-22)23-18(26)13-29-20(28)10-9-19(27)25-12-11-17(24-25)16-7-5-4-6-8-16/h4-8,15H,9-13H2,1-3H3,(H,23,26)/t21-/m1/s1. The predicted molar refractivity (Wildman–Crippen MR) is 107 cm³/mol. The van der Waals surface area contributed by atoms with Gasteiger partial charge in [-0.1, -0.05) is 44.2 Å². The molecule has 1 atom stereocenters. The summed E-state index contributed by atoms with van der Waals surface area (Å²) in [5, 5.41) is 17.4. The molecule has 0 saturated carbocycles. The SMILES string of the molecule is CC(C)[C@@](C)(C#N)NC(=O)COC(=O)CCC(=O)N1CCC(c2ccccc2)=N1. The molecule has 0 aliphatic carbocycles. The lowest BCUT2D eigenvalue weighted by Gasteiger charge is -2.27. The molecule has 2 amide bonds. The van der Waals surface area contributed by atoms with Gasteiger partial charge < -0.3 is 10.1 Å². The van der Waals surface area contributed by atoms with Crippen molar-refractivity contribution < 1.29 is 19.1 Å². The van der Waals surface area contributed by atoms with E-state index in [-0.39, 0.29) is 24.7 Å². The molecule has 29 heavy (non-hydrogen) atoms. The van der Waals surface area contributed by atoms with E-state index in [1.165, 1.54) is 5.01 Å². The van der Waals surface area contributed by atoms with Gasteiger partial charge in [0.1, 0.15) is 5.54 Å². The minimum Gasteiger partial charge on any atom is -0.456 e. The average Bonchev–Trinajstić information content (AvgIpc) is 3.21. The number of ether oxygens (including phenoxy) is 1. The van der Waals surface area contributed by atoms with Gasteiger partial charge in [-0.25, -0.2) is 5.01 Å². The second-order valence-corrected chi connectivity index (χ2v) is 7.36. The van der Waals surface area contributed by atoms with Crippen LogP contribution in [0, 0.1) is 17.2 Å². The van der Waals surface area contributed by atoms with Crippen molar-refractivity contribution >= 4 is 23.5 Å². The van der Waals surface area contributed by atoms with Crippen molar-refractivity contribution in [2.75, 3.05) is 13.2 Å². The van der Waals surface area contributed by atoms with Crippen molar-refractivity contribution in [3.05, 3.63) is 35.9 Å². The fourth-order valence-electron chi connectivity index (χ4n) is 2.65. The van der Waals surface area contributed by atoms with Gasteiger partial charge in [-0.15, -0.1) is 0 Å². The first-order valence-corrected chi connectivity index (χ1v) is 9.56. The van der Waals surface area contributed by atoms with Crippen LogP contribution in [0.25, 0.3) is 0 Å². The lowest BCUT2D eigenvalue weighted by molar-refractivity contribution is -0.150. The van der Waals surface area contributed by atoms with Crippen LogP contribution in [0.5, 0.6) is 0 Å². The third-order valence-electron chi connectivity index (χ3n) is 4.89. The van der Waals surface area contributed by atoms with Crippen molar-refractivity contribution in [1.29, 1.82) is 5.26 Å². The summed E-state index contributed by atoms with van der Waals surface area (Å²) in [6.07, 6.45) is 0.473. The zero-order valence-electron chi connectivity index (χ0n) is 17.0. The first-order valence-electron chi connectivity index (χ1n) is 9.56. The molecule has 0 unspecified atom stereocenters. The fourth-order valence-corrected chi connectivity index (χ4v) is 2.65. The number of hydrazone groups is 1. The molecule has 0 saturated heterocycles. The number of esters is 1. The highest BCUT2D eigenvalue weighted by Gasteiger charge is 2.30. The molecule has 2 rings (SSSR count). The van der Waals surface area contributed by atoms with E-state index in [1.54, 1.807) is 6.92 Å².